The van der Waals surface area contributed by atoms with Gasteiger partial charge < -0.3 is 23.9 Å². The molecule has 1 N–H and O–H groups in total. The normalized spacial score (nSPS) is 14.6. The Labute approximate surface area is 171 Å². The number of nitrogens with one attached hydrogen (secondary N) is 1. The van der Waals surface area contributed by atoms with E-state index in [-0.39, 0.29) is 23.7 Å². The number of para-hydroxylation sites is 1. The molecule has 1 amide bonds. The molecular weight excluding hydrogens is 370 g/mol. The Bertz CT molecular complexity index is 841. The van der Waals surface area contributed by atoms with Crippen molar-refractivity contribution in [2.75, 3.05) is 50.8 Å². The quantitative estimate of drug-likeness (QED) is 0.710. The molecule has 7 heteroatoms. The third-order valence-electron chi connectivity index (χ3n) is 5.34. The van der Waals surface area contributed by atoms with E-state index in [4.69, 9.17) is 9.15 Å². The van der Waals surface area contributed by atoms with Gasteiger partial charge in [-0.1, -0.05) is 18.2 Å². The van der Waals surface area contributed by atoms with Crippen molar-refractivity contribution in [3.63, 3.8) is 0 Å². The van der Waals surface area contributed by atoms with Crippen LogP contribution in [-0.2, 0) is 11.3 Å². The smallest absolute Gasteiger partial charge is 0.260 e. The topological polar surface area (TPSA) is 67.4 Å². The molecule has 1 aromatic carbocycles. The van der Waals surface area contributed by atoms with Gasteiger partial charge in [-0.3, -0.25) is 9.59 Å². The van der Waals surface area contributed by atoms with E-state index in [2.05, 4.69) is 29.2 Å². The molecule has 7 nitrogen and oxygen atoms in total. The van der Waals surface area contributed by atoms with Crippen molar-refractivity contribution >= 4 is 11.6 Å². The van der Waals surface area contributed by atoms with Crippen LogP contribution in [0.5, 0.6) is 5.75 Å². The minimum absolute atomic E-state index is 0.0816. The zero-order valence-electron chi connectivity index (χ0n) is 17.2. The van der Waals surface area contributed by atoms with Gasteiger partial charge in [-0.05, 0) is 26.0 Å². The second-order valence-electron chi connectivity index (χ2n) is 7.18. The SMILES string of the molecule is CCN(CC)C(=O)COc1coc(C[NH+]2CCN(c3ccccc3)CC2)cc1=O. The summed E-state index contributed by atoms with van der Waals surface area (Å²) in [5.74, 6) is 0.581. The van der Waals surface area contributed by atoms with Gasteiger partial charge in [-0.2, -0.15) is 0 Å². The van der Waals surface area contributed by atoms with Gasteiger partial charge in [0.05, 0.1) is 26.2 Å². The first-order chi connectivity index (χ1) is 14.1. The molecule has 0 radical (unpaired) electrons. The molecular formula is C22H30N3O4+. The molecule has 0 saturated carbocycles. The maximum absolute atomic E-state index is 12.3. The Kier molecular flexibility index (Phi) is 7.30. The van der Waals surface area contributed by atoms with E-state index in [1.807, 2.05) is 19.9 Å². The van der Waals surface area contributed by atoms with Crippen LogP contribution in [0.25, 0.3) is 0 Å². The summed E-state index contributed by atoms with van der Waals surface area (Å²) in [5.41, 5.74) is 1.000. The van der Waals surface area contributed by atoms with E-state index in [0.29, 0.717) is 25.4 Å². The van der Waals surface area contributed by atoms with Crippen molar-refractivity contribution in [2.24, 2.45) is 0 Å². The molecule has 3 rings (SSSR count). The van der Waals surface area contributed by atoms with E-state index in [1.165, 1.54) is 22.9 Å². The standard InChI is InChI=1S/C22H29N3O4/c1-3-24(4-2)22(27)17-29-21-16-28-19(14-20(21)26)15-23-10-12-25(13-11-23)18-8-6-5-7-9-18/h5-9,14,16H,3-4,10-13,15,17H2,1-2H3/p+1. The van der Waals surface area contributed by atoms with Crippen LogP contribution in [0.15, 0.2) is 51.9 Å². The lowest BCUT2D eigenvalue weighted by atomic mass is 10.2. The Morgan fingerprint density at radius 2 is 1.86 bits per heavy atom. The maximum Gasteiger partial charge on any atom is 0.260 e. The average Bonchev–Trinajstić information content (AvgIpc) is 2.75. The summed E-state index contributed by atoms with van der Waals surface area (Å²) in [6.07, 6.45) is 1.33. The molecule has 0 aliphatic carbocycles. The van der Waals surface area contributed by atoms with Crippen LogP contribution in [0.4, 0.5) is 5.69 Å². The third-order valence-corrected chi connectivity index (χ3v) is 5.34. The number of nitrogens with zero attached hydrogens (tertiary/aromatic N) is 2. The molecule has 156 valence electrons. The molecule has 0 atom stereocenters. The molecule has 2 aromatic rings. The summed E-state index contributed by atoms with van der Waals surface area (Å²) < 4.78 is 11.0. The van der Waals surface area contributed by atoms with Gasteiger partial charge in [0.15, 0.2) is 12.4 Å². The number of rotatable bonds is 8. The van der Waals surface area contributed by atoms with Gasteiger partial charge in [0.2, 0.25) is 11.2 Å². The van der Waals surface area contributed by atoms with Crippen molar-refractivity contribution in [1.29, 1.82) is 0 Å². The molecule has 0 unspecified atom stereocenters. The van der Waals surface area contributed by atoms with Crippen LogP contribution in [0.2, 0.25) is 0 Å². The van der Waals surface area contributed by atoms with Crippen LogP contribution in [-0.4, -0.2) is 56.7 Å². The Morgan fingerprint density at radius 3 is 2.48 bits per heavy atom. The van der Waals surface area contributed by atoms with Gasteiger partial charge >= 0.3 is 0 Å². The number of carbonyl (C=O) groups is 1. The molecule has 1 fully saturated rings. The first kappa shape index (κ1) is 20.9. The number of likely N-dealkylation sites (N-methyl/N-ethyl adjacent to an activating group) is 1. The van der Waals surface area contributed by atoms with Crippen molar-refractivity contribution in [1.82, 2.24) is 4.90 Å². The summed E-state index contributed by atoms with van der Waals surface area (Å²) in [5, 5.41) is 0. The third kappa shape index (κ3) is 5.60. The fourth-order valence-electron chi connectivity index (χ4n) is 3.59. The first-order valence-corrected chi connectivity index (χ1v) is 10.3. The van der Waals surface area contributed by atoms with E-state index in [1.54, 1.807) is 4.90 Å². The van der Waals surface area contributed by atoms with Crippen LogP contribution in [0.3, 0.4) is 0 Å². The summed E-state index contributed by atoms with van der Waals surface area (Å²) in [6.45, 7) is 9.47. The zero-order valence-corrected chi connectivity index (χ0v) is 17.2. The van der Waals surface area contributed by atoms with E-state index in [9.17, 15) is 9.59 Å². The van der Waals surface area contributed by atoms with Crippen molar-refractivity contribution in [2.45, 2.75) is 20.4 Å². The minimum Gasteiger partial charge on any atom is -0.477 e. The highest BCUT2D eigenvalue weighted by molar-refractivity contribution is 5.77. The lowest BCUT2D eigenvalue weighted by molar-refractivity contribution is -0.915. The average molecular weight is 400 g/mol. The van der Waals surface area contributed by atoms with Crippen molar-refractivity contribution < 1.29 is 18.8 Å². The summed E-state index contributed by atoms with van der Waals surface area (Å²) in [4.78, 5) is 29.7. The summed E-state index contributed by atoms with van der Waals surface area (Å²) in [6, 6.07) is 11.9. The van der Waals surface area contributed by atoms with E-state index < -0.39 is 0 Å². The van der Waals surface area contributed by atoms with E-state index in [0.717, 1.165) is 26.2 Å². The number of piperazine rings is 1. The minimum atomic E-state index is -0.249. The zero-order chi connectivity index (χ0) is 20.6. The highest BCUT2D eigenvalue weighted by Gasteiger charge is 2.21. The largest absolute Gasteiger partial charge is 0.477 e. The Morgan fingerprint density at radius 1 is 1.17 bits per heavy atom. The molecule has 1 aliphatic heterocycles. The predicted octanol–water partition coefficient (Wildman–Crippen LogP) is 0.792. The first-order valence-electron chi connectivity index (χ1n) is 10.3. The lowest BCUT2D eigenvalue weighted by Crippen LogP contribution is -3.13. The fourth-order valence-corrected chi connectivity index (χ4v) is 3.59. The second kappa shape index (κ2) is 10.1. The summed E-state index contributed by atoms with van der Waals surface area (Å²) >= 11 is 0. The molecule has 1 aliphatic rings. The monoisotopic (exact) mass is 400 g/mol. The van der Waals surface area contributed by atoms with Gasteiger partial charge in [0.1, 0.15) is 12.8 Å². The number of anilines is 1. The number of hydrogen-bond donors (Lipinski definition) is 1. The number of amides is 1. The number of carbonyl (C=O) groups excluding carboxylic acids is 1. The highest BCUT2D eigenvalue weighted by atomic mass is 16.5. The molecule has 0 spiro atoms. The molecule has 0 bridgehead atoms. The van der Waals surface area contributed by atoms with Gasteiger partial charge in [-0.25, -0.2) is 0 Å². The van der Waals surface area contributed by atoms with Crippen LogP contribution >= 0.6 is 0 Å². The van der Waals surface area contributed by atoms with Gasteiger partial charge in [0.25, 0.3) is 5.91 Å². The number of benzene rings is 1. The number of quaternary nitrogens is 1. The number of ether oxygens (including phenoxy) is 1. The Balaban J connectivity index is 1.51. The van der Waals surface area contributed by atoms with Crippen LogP contribution in [0, 0.1) is 0 Å². The molecule has 1 aromatic heterocycles. The lowest BCUT2D eigenvalue weighted by Gasteiger charge is -2.33. The van der Waals surface area contributed by atoms with E-state index >= 15 is 0 Å². The molecule has 2 heterocycles. The van der Waals surface area contributed by atoms with Crippen LogP contribution < -0.4 is 20.0 Å². The Hall–Kier alpha value is -2.80. The van der Waals surface area contributed by atoms with Gasteiger partial charge in [0, 0.05) is 24.8 Å². The molecule has 1 saturated heterocycles. The van der Waals surface area contributed by atoms with Crippen molar-refractivity contribution in [3.8, 4) is 5.75 Å². The maximum atomic E-state index is 12.3. The van der Waals surface area contributed by atoms with Gasteiger partial charge in [-0.15, -0.1) is 0 Å². The second-order valence-corrected chi connectivity index (χ2v) is 7.18. The van der Waals surface area contributed by atoms with Crippen molar-refractivity contribution in [3.05, 3.63) is 58.6 Å². The highest BCUT2D eigenvalue weighted by Crippen LogP contribution is 2.12. The summed E-state index contributed by atoms with van der Waals surface area (Å²) in [7, 11) is 0. The molecule has 29 heavy (non-hydrogen) atoms. The van der Waals surface area contributed by atoms with Crippen LogP contribution in [0.1, 0.15) is 19.6 Å². The fraction of sp³-hybridized carbons (Fsp3) is 0.455. The predicted molar refractivity (Wildman–Crippen MR) is 111 cm³/mol. The number of hydrogen-bond acceptors (Lipinski definition) is 5.